The highest BCUT2D eigenvalue weighted by atomic mass is 16.5. The van der Waals surface area contributed by atoms with Crippen LogP contribution in [0.4, 0.5) is 0 Å². The van der Waals surface area contributed by atoms with Gasteiger partial charge in [-0.2, -0.15) is 0 Å². The zero-order chi connectivity index (χ0) is 12.9. The Kier molecular flexibility index (Phi) is 10.6. The number of carbonyl (C=O) groups is 2. The molecule has 3 nitrogen and oxygen atoms in total. The fourth-order valence-electron chi connectivity index (χ4n) is 1.58. The van der Waals surface area contributed by atoms with Gasteiger partial charge in [-0.3, -0.25) is 4.79 Å². The highest BCUT2D eigenvalue weighted by molar-refractivity contribution is 6.33. The maximum atomic E-state index is 11.1. The number of allylic oxidation sites excluding steroid dienone is 2. The first-order chi connectivity index (χ1) is 8.22. The molecule has 0 aromatic heterocycles. The molecule has 0 aromatic carbocycles. The number of ether oxygens (including phenoxy) is 1. The second-order valence-corrected chi connectivity index (χ2v) is 4.10. The van der Waals surface area contributed by atoms with Gasteiger partial charge in [-0.15, -0.1) is 0 Å². The van der Waals surface area contributed by atoms with Gasteiger partial charge < -0.3 is 4.74 Å². The zero-order valence-electron chi connectivity index (χ0n) is 11.0. The second kappa shape index (κ2) is 11.4. The Morgan fingerprint density at radius 2 is 1.65 bits per heavy atom. The van der Waals surface area contributed by atoms with Gasteiger partial charge in [0.1, 0.15) is 0 Å². The first kappa shape index (κ1) is 15.9. The molecule has 3 heteroatoms. The predicted molar refractivity (Wildman–Crippen MR) is 68.8 cm³/mol. The van der Waals surface area contributed by atoms with Crippen molar-refractivity contribution in [1.82, 2.24) is 0 Å². The Bertz CT molecular complexity index is 244. The van der Waals surface area contributed by atoms with Gasteiger partial charge in [0.05, 0.1) is 7.11 Å². The van der Waals surface area contributed by atoms with Crippen molar-refractivity contribution >= 4 is 11.8 Å². The molecule has 0 rings (SSSR count). The molecule has 98 valence electrons. The SMILES string of the molecule is CC/C=C/CCCCCCCC(=O)C(=O)OC. The number of carbonyl (C=O) groups excluding carboxylic acids is 2. The summed E-state index contributed by atoms with van der Waals surface area (Å²) >= 11 is 0. The van der Waals surface area contributed by atoms with Gasteiger partial charge in [0.15, 0.2) is 0 Å². The Hall–Kier alpha value is -1.12. The molecule has 0 unspecified atom stereocenters. The highest BCUT2D eigenvalue weighted by Gasteiger charge is 2.12. The maximum Gasteiger partial charge on any atom is 0.374 e. The smallest absolute Gasteiger partial charge is 0.374 e. The van der Waals surface area contributed by atoms with Crippen LogP contribution in [-0.4, -0.2) is 18.9 Å². The minimum atomic E-state index is -0.713. The molecule has 0 aromatic rings. The van der Waals surface area contributed by atoms with Crippen LogP contribution in [0.5, 0.6) is 0 Å². The number of methoxy groups -OCH3 is 1. The molecule has 0 fully saturated rings. The van der Waals surface area contributed by atoms with Gasteiger partial charge in [0.25, 0.3) is 0 Å². The van der Waals surface area contributed by atoms with E-state index < -0.39 is 11.8 Å². The zero-order valence-corrected chi connectivity index (χ0v) is 11.0. The predicted octanol–water partition coefficient (Wildman–Crippen LogP) is 3.43. The molecule has 0 saturated carbocycles. The van der Waals surface area contributed by atoms with Crippen molar-refractivity contribution < 1.29 is 14.3 Å². The molecule has 0 aliphatic rings. The van der Waals surface area contributed by atoms with E-state index in [2.05, 4.69) is 23.8 Å². The number of esters is 1. The van der Waals surface area contributed by atoms with E-state index in [-0.39, 0.29) is 0 Å². The van der Waals surface area contributed by atoms with Crippen LogP contribution in [0, 0.1) is 0 Å². The summed E-state index contributed by atoms with van der Waals surface area (Å²) in [6.45, 7) is 2.13. The molecule has 0 spiro atoms. The first-order valence-corrected chi connectivity index (χ1v) is 6.48. The molecule has 0 amide bonds. The van der Waals surface area contributed by atoms with Gasteiger partial charge in [0.2, 0.25) is 5.78 Å². The number of hydrogen-bond donors (Lipinski definition) is 0. The summed E-state index contributed by atoms with van der Waals surface area (Å²) in [5.74, 6) is -1.12. The first-order valence-electron chi connectivity index (χ1n) is 6.48. The fraction of sp³-hybridized carbons (Fsp3) is 0.714. The molecular weight excluding hydrogens is 216 g/mol. The third-order valence-electron chi connectivity index (χ3n) is 2.59. The summed E-state index contributed by atoms with van der Waals surface area (Å²) in [5.41, 5.74) is 0. The van der Waals surface area contributed by atoms with Gasteiger partial charge >= 0.3 is 5.97 Å². The van der Waals surface area contributed by atoms with Crippen molar-refractivity contribution in [3.05, 3.63) is 12.2 Å². The molecule has 0 N–H and O–H groups in total. The average molecular weight is 240 g/mol. The lowest BCUT2D eigenvalue weighted by molar-refractivity contribution is -0.151. The standard InChI is InChI=1S/C14H24O3/c1-3-4-5-6-7-8-9-10-11-12-13(15)14(16)17-2/h4-5H,3,6-12H2,1-2H3/b5-4+. The van der Waals surface area contributed by atoms with Crippen LogP contribution >= 0.6 is 0 Å². The number of hydrogen-bond acceptors (Lipinski definition) is 3. The molecule has 0 aliphatic heterocycles. The normalized spacial score (nSPS) is 10.7. The van der Waals surface area contributed by atoms with Crippen molar-refractivity contribution in [3.63, 3.8) is 0 Å². The summed E-state index contributed by atoms with van der Waals surface area (Å²) in [7, 11) is 1.24. The van der Waals surface area contributed by atoms with E-state index >= 15 is 0 Å². The maximum absolute atomic E-state index is 11.1. The van der Waals surface area contributed by atoms with Crippen molar-refractivity contribution in [1.29, 1.82) is 0 Å². The van der Waals surface area contributed by atoms with Crippen LogP contribution in [-0.2, 0) is 14.3 Å². The van der Waals surface area contributed by atoms with Gasteiger partial charge in [-0.05, 0) is 25.7 Å². The number of rotatable bonds is 10. The van der Waals surface area contributed by atoms with Crippen molar-refractivity contribution in [2.75, 3.05) is 7.11 Å². The molecule has 0 radical (unpaired) electrons. The quantitative estimate of drug-likeness (QED) is 0.254. The average Bonchev–Trinajstić information content (AvgIpc) is 2.35. The number of unbranched alkanes of at least 4 members (excludes halogenated alkanes) is 5. The van der Waals surface area contributed by atoms with E-state index in [4.69, 9.17) is 0 Å². The van der Waals surface area contributed by atoms with Crippen LogP contribution in [0.3, 0.4) is 0 Å². The van der Waals surface area contributed by atoms with Crippen molar-refractivity contribution in [3.8, 4) is 0 Å². The van der Waals surface area contributed by atoms with Crippen LogP contribution in [0.2, 0.25) is 0 Å². The monoisotopic (exact) mass is 240 g/mol. The second-order valence-electron chi connectivity index (χ2n) is 4.10. The van der Waals surface area contributed by atoms with Gasteiger partial charge in [-0.25, -0.2) is 4.79 Å². The fourth-order valence-corrected chi connectivity index (χ4v) is 1.58. The Morgan fingerprint density at radius 1 is 1.00 bits per heavy atom. The summed E-state index contributed by atoms with van der Waals surface area (Å²) in [6.07, 6.45) is 12.3. The number of ketones is 1. The van der Waals surface area contributed by atoms with Crippen LogP contribution in [0.1, 0.15) is 58.3 Å². The molecular formula is C14H24O3. The lowest BCUT2D eigenvalue weighted by atomic mass is 10.1. The highest BCUT2D eigenvalue weighted by Crippen LogP contribution is 2.08. The topological polar surface area (TPSA) is 43.4 Å². The van der Waals surface area contributed by atoms with Crippen LogP contribution in [0.15, 0.2) is 12.2 Å². The molecule has 0 heterocycles. The largest absolute Gasteiger partial charge is 0.463 e. The Morgan fingerprint density at radius 3 is 2.29 bits per heavy atom. The van der Waals surface area contributed by atoms with E-state index in [1.54, 1.807) is 0 Å². The number of Topliss-reactive ketones (excluding diaryl/α,β-unsaturated/α-hetero) is 1. The molecule has 0 bridgehead atoms. The lowest BCUT2D eigenvalue weighted by Gasteiger charge is -2.00. The Balaban J connectivity index is 3.26. The van der Waals surface area contributed by atoms with Crippen LogP contribution < -0.4 is 0 Å². The van der Waals surface area contributed by atoms with Gasteiger partial charge in [0, 0.05) is 6.42 Å². The van der Waals surface area contributed by atoms with Crippen LogP contribution in [0.25, 0.3) is 0 Å². The summed E-state index contributed by atoms with van der Waals surface area (Å²) in [5, 5.41) is 0. The van der Waals surface area contributed by atoms with Crippen molar-refractivity contribution in [2.45, 2.75) is 58.3 Å². The Labute approximate surface area is 104 Å². The third-order valence-corrected chi connectivity index (χ3v) is 2.59. The van der Waals surface area contributed by atoms with E-state index in [0.29, 0.717) is 6.42 Å². The molecule has 17 heavy (non-hydrogen) atoms. The van der Waals surface area contributed by atoms with E-state index in [1.165, 1.54) is 20.0 Å². The summed E-state index contributed by atoms with van der Waals surface area (Å²) < 4.78 is 4.35. The van der Waals surface area contributed by atoms with Gasteiger partial charge in [-0.1, -0.05) is 38.3 Å². The van der Waals surface area contributed by atoms with Crippen molar-refractivity contribution in [2.24, 2.45) is 0 Å². The van der Waals surface area contributed by atoms with E-state index in [9.17, 15) is 9.59 Å². The lowest BCUT2D eigenvalue weighted by Crippen LogP contribution is -2.14. The minimum absolute atomic E-state index is 0.322. The van der Waals surface area contributed by atoms with E-state index in [1.807, 2.05) is 0 Å². The molecule has 0 atom stereocenters. The summed E-state index contributed by atoms with van der Waals surface area (Å²) in [6, 6.07) is 0. The molecule has 0 aliphatic carbocycles. The van der Waals surface area contributed by atoms with E-state index in [0.717, 1.165) is 32.1 Å². The third kappa shape index (κ3) is 9.79. The molecule has 0 saturated heterocycles. The summed E-state index contributed by atoms with van der Waals surface area (Å²) in [4.78, 5) is 21.9. The minimum Gasteiger partial charge on any atom is -0.463 e.